The Bertz CT molecular complexity index is 370. The number of nitrogens with zero attached hydrogens (tertiary/aromatic N) is 1. The summed E-state index contributed by atoms with van der Waals surface area (Å²) in [6, 6.07) is 6.99. The lowest BCUT2D eigenvalue weighted by molar-refractivity contribution is 0.0989. The van der Waals surface area contributed by atoms with Gasteiger partial charge in [-0.15, -0.1) is 0 Å². The summed E-state index contributed by atoms with van der Waals surface area (Å²) in [5, 5.41) is 0.881. The van der Waals surface area contributed by atoms with Crippen molar-refractivity contribution in [1.29, 1.82) is 0 Å². The standard InChI is InChI=1S/C12H15Br2NO/c1-9-8-16-5-4-15(9)11-3-2-10(7-13)12(14)6-11/h2-3,6,9H,4-5,7-8H2,1H3. The summed E-state index contributed by atoms with van der Waals surface area (Å²) in [7, 11) is 0. The first-order chi connectivity index (χ1) is 7.72. The average Bonchev–Trinajstić information content (AvgIpc) is 2.29. The predicted molar refractivity (Wildman–Crippen MR) is 74.4 cm³/mol. The largest absolute Gasteiger partial charge is 0.377 e. The van der Waals surface area contributed by atoms with Crippen molar-refractivity contribution in [2.24, 2.45) is 0 Å². The summed E-state index contributed by atoms with van der Waals surface area (Å²) in [5.74, 6) is 0. The lowest BCUT2D eigenvalue weighted by Gasteiger charge is -2.35. The molecule has 0 aromatic heterocycles. The Balaban J connectivity index is 2.22. The molecule has 1 atom stereocenters. The molecule has 0 amide bonds. The molecule has 1 aromatic carbocycles. The van der Waals surface area contributed by atoms with Crippen molar-refractivity contribution in [1.82, 2.24) is 0 Å². The first-order valence-corrected chi connectivity index (χ1v) is 7.32. The molecule has 88 valence electrons. The Morgan fingerprint density at radius 2 is 2.31 bits per heavy atom. The van der Waals surface area contributed by atoms with Gasteiger partial charge in [-0.05, 0) is 24.6 Å². The topological polar surface area (TPSA) is 12.5 Å². The van der Waals surface area contributed by atoms with Crippen molar-refractivity contribution in [2.45, 2.75) is 18.3 Å². The Morgan fingerprint density at radius 1 is 1.50 bits per heavy atom. The molecule has 0 aliphatic carbocycles. The molecule has 1 aliphatic rings. The van der Waals surface area contributed by atoms with E-state index in [0.29, 0.717) is 6.04 Å². The van der Waals surface area contributed by atoms with Gasteiger partial charge in [-0.25, -0.2) is 0 Å². The number of rotatable bonds is 2. The molecule has 1 aromatic rings. The fraction of sp³-hybridized carbons (Fsp3) is 0.500. The van der Waals surface area contributed by atoms with Crippen molar-refractivity contribution >= 4 is 37.5 Å². The number of hydrogen-bond acceptors (Lipinski definition) is 2. The van der Waals surface area contributed by atoms with Crippen molar-refractivity contribution in [3.8, 4) is 0 Å². The van der Waals surface area contributed by atoms with E-state index in [-0.39, 0.29) is 0 Å². The van der Waals surface area contributed by atoms with Crippen LogP contribution in [0.3, 0.4) is 0 Å². The van der Waals surface area contributed by atoms with E-state index >= 15 is 0 Å². The van der Waals surface area contributed by atoms with Gasteiger partial charge in [0.25, 0.3) is 0 Å². The van der Waals surface area contributed by atoms with Crippen molar-refractivity contribution in [3.63, 3.8) is 0 Å². The zero-order chi connectivity index (χ0) is 11.5. The predicted octanol–water partition coefficient (Wildman–Crippen LogP) is 3.57. The molecule has 2 nitrogen and oxygen atoms in total. The smallest absolute Gasteiger partial charge is 0.0668 e. The summed E-state index contributed by atoms with van der Waals surface area (Å²) in [4.78, 5) is 2.40. The van der Waals surface area contributed by atoms with Gasteiger partial charge in [0.15, 0.2) is 0 Å². The van der Waals surface area contributed by atoms with Crippen LogP contribution in [0.5, 0.6) is 0 Å². The maximum absolute atomic E-state index is 5.45. The number of benzene rings is 1. The molecule has 0 saturated carbocycles. The first-order valence-electron chi connectivity index (χ1n) is 5.41. The van der Waals surface area contributed by atoms with Crippen LogP contribution in [-0.4, -0.2) is 25.8 Å². The van der Waals surface area contributed by atoms with Gasteiger partial charge in [-0.2, -0.15) is 0 Å². The number of anilines is 1. The Kier molecular flexibility index (Phi) is 4.27. The summed E-state index contributed by atoms with van der Waals surface area (Å²) in [6.07, 6.45) is 0. The van der Waals surface area contributed by atoms with Gasteiger partial charge in [0.1, 0.15) is 0 Å². The van der Waals surface area contributed by atoms with Crippen LogP contribution in [0.2, 0.25) is 0 Å². The van der Waals surface area contributed by atoms with Gasteiger partial charge in [0.2, 0.25) is 0 Å². The van der Waals surface area contributed by atoms with Crippen LogP contribution in [-0.2, 0) is 10.1 Å². The third kappa shape index (κ3) is 2.60. The second-order valence-electron chi connectivity index (χ2n) is 4.03. The highest BCUT2D eigenvalue weighted by Gasteiger charge is 2.19. The lowest BCUT2D eigenvalue weighted by Crippen LogP contribution is -2.43. The van der Waals surface area contributed by atoms with Gasteiger partial charge >= 0.3 is 0 Å². The van der Waals surface area contributed by atoms with E-state index in [1.165, 1.54) is 15.7 Å². The molecule has 0 radical (unpaired) electrons. The van der Waals surface area contributed by atoms with E-state index in [2.05, 4.69) is 61.9 Å². The van der Waals surface area contributed by atoms with Crippen LogP contribution < -0.4 is 4.90 Å². The zero-order valence-electron chi connectivity index (χ0n) is 9.25. The second-order valence-corrected chi connectivity index (χ2v) is 5.44. The van der Waals surface area contributed by atoms with Gasteiger partial charge in [0.05, 0.1) is 13.2 Å². The van der Waals surface area contributed by atoms with Crippen LogP contribution in [0.1, 0.15) is 12.5 Å². The average molecular weight is 349 g/mol. The fourth-order valence-corrected chi connectivity index (χ4v) is 3.31. The van der Waals surface area contributed by atoms with Crippen molar-refractivity contribution in [2.75, 3.05) is 24.7 Å². The zero-order valence-corrected chi connectivity index (χ0v) is 12.4. The minimum absolute atomic E-state index is 0.454. The third-order valence-electron chi connectivity index (χ3n) is 2.88. The van der Waals surface area contributed by atoms with E-state index < -0.39 is 0 Å². The number of alkyl halides is 1. The fourth-order valence-electron chi connectivity index (χ4n) is 1.93. The van der Waals surface area contributed by atoms with Crippen LogP contribution in [0.15, 0.2) is 22.7 Å². The Morgan fingerprint density at radius 3 is 2.94 bits per heavy atom. The molecule has 0 spiro atoms. The highest BCUT2D eigenvalue weighted by atomic mass is 79.9. The lowest BCUT2D eigenvalue weighted by atomic mass is 10.1. The Labute approximate surface area is 113 Å². The van der Waals surface area contributed by atoms with Crippen LogP contribution in [0.25, 0.3) is 0 Å². The minimum atomic E-state index is 0.454. The van der Waals surface area contributed by atoms with E-state index in [1.807, 2.05) is 0 Å². The quantitative estimate of drug-likeness (QED) is 0.757. The van der Waals surface area contributed by atoms with E-state index in [4.69, 9.17) is 4.74 Å². The number of ether oxygens (including phenoxy) is 1. The van der Waals surface area contributed by atoms with Crippen LogP contribution in [0.4, 0.5) is 5.69 Å². The van der Waals surface area contributed by atoms with Crippen molar-refractivity contribution < 1.29 is 4.74 Å². The molecule has 1 fully saturated rings. The van der Waals surface area contributed by atoms with Crippen molar-refractivity contribution in [3.05, 3.63) is 28.2 Å². The molecule has 1 aliphatic heterocycles. The number of morpholine rings is 1. The third-order valence-corrected chi connectivity index (χ3v) is 4.22. The van der Waals surface area contributed by atoms with Gasteiger partial charge < -0.3 is 9.64 Å². The van der Waals surface area contributed by atoms with Gasteiger partial charge in [-0.3, -0.25) is 0 Å². The summed E-state index contributed by atoms with van der Waals surface area (Å²) >= 11 is 7.08. The molecule has 2 rings (SSSR count). The Hall–Kier alpha value is -0.0600. The summed E-state index contributed by atoms with van der Waals surface area (Å²) < 4.78 is 6.61. The van der Waals surface area contributed by atoms with Crippen LogP contribution >= 0.6 is 31.9 Å². The van der Waals surface area contributed by atoms with Gasteiger partial charge in [-0.1, -0.05) is 37.9 Å². The molecule has 16 heavy (non-hydrogen) atoms. The molecule has 4 heteroatoms. The van der Waals surface area contributed by atoms with E-state index in [9.17, 15) is 0 Å². The number of hydrogen-bond donors (Lipinski definition) is 0. The highest BCUT2D eigenvalue weighted by molar-refractivity contribution is 9.10. The monoisotopic (exact) mass is 347 g/mol. The maximum Gasteiger partial charge on any atom is 0.0668 e. The van der Waals surface area contributed by atoms with E-state index in [0.717, 1.165) is 25.1 Å². The first kappa shape index (κ1) is 12.4. The maximum atomic E-state index is 5.45. The normalized spacial score (nSPS) is 21.2. The molecular weight excluding hydrogens is 334 g/mol. The molecule has 0 N–H and O–H groups in total. The molecule has 1 saturated heterocycles. The summed E-state index contributed by atoms with van der Waals surface area (Å²) in [5.41, 5.74) is 2.55. The minimum Gasteiger partial charge on any atom is -0.377 e. The molecule has 1 heterocycles. The molecule has 1 unspecified atom stereocenters. The summed E-state index contributed by atoms with van der Waals surface area (Å²) in [6.45, 7) is 4.81. The van der Waals surface area contributed by atoms with Crippen LogP contribution in [0, 0.1) is 0 Å². The molecule has 0 bridgehead atoms. The van der Waals surface area contributed by atoms with Gasteiger partial charge in [0, 0.05) is 28.1 Å². The number of halogens is 2. The van der Waals surface area contributed by atoms with E-state index in [1.54, 1.807) is 0 Å². The SMILES string of the molecule is CC1COCCN1c1ccc(CBr)c(Br)c1. The highest BCUT2D eigenvalue weighted by Crippen LogP contribution is 2.27. The second kappa shape index (κ2) is 5.52. The molecular formula is C12H15Br2NO.